The quantitative estimate of drug-likeness (QED) is 0.507. The third kappa shape index (κ3) is 4.05. The average molecular weight is 422 g/mol. The van der Waals surface area contributed by atoms with Gasteiger partial charge in [-0.3, -0.25) is 9.79 Å². The minimum Gasteiger partial charge on any atom is -0.465 e. The highest BCUT2D eigenvalue weighted by atomic mass is 32.2. The Morgan fingerprint density at radius 2 is 2.00 bits per heavy atom. The van der Waals surface area contributed by atoms with E-state index < -0.39 is 17.8 Å². The van der Waals surface area contributed by atoms with Gasteiger partial charge in [0, 0.05) is 22.3 Å². The molecule has 0 fully saturated rings. The molecule has 0 saturated heterocycles. The van der Waals surface area contributed by atoms with Gasteiger partial charge in [0.1, 0.15) is 12.5 Å². The summed E-state index contributed by atoms with van der Waals surface area (Å²) in [6.45, 7) is 4.02. The number of aliphatic imine (C=N–C) groups is 1. The number of carbonyl (C=O) groups excluding carboxylic acids is 2. The molecule has 0 aromatic heterocycles. The van der Waals surface area contributed by atoms with E-state index in [1.54, 1.807) is 18.7 Å². The number of nitrogens with zero attached hydrogens (tertiary/aromatic N) is 1. The predicted octanol–water partition coefficient (Wildman–Crippen LogP) is 4.53. The van der Waals surface area contributed by atoms with E-state index in [2.05, 4.69) is 23.2 Å². The number of rotatable bonds is 6. The standard InChI is InChI=1S/C24H23NO4S/c1-3-28-23(26)20-15(2)25-19-13-29-24(27)22(19)21(20)17-10-7-11-18(12-17)30-14-16-8-5-4-6-9-16/h4-12,20-21H,3,13-14H2,1-2H3. The van der Waals surface area contributed by atoms with Crippen LogP contribution in [0.25, 0.3) is 0 Å². The molecule has 0 amide bonds. The topological polar surface area (TPSA) is 65.0 Å². The number of hydrogen-bond donors (Lipinski definition) is 0. The van der Waals surface area contributed by atoms with Crippen molar-refractivity contribution >= 4 is 29.4 Å². The molecule has 0 aliphatic carbocycles. The second-order valence-corrected chi connectivity index (χ2v) is 8.29. The van der Waals surface area contributed by atoms with Crippen molar-refractivity contribution in [2.45, 2.75) is 30.4 Å². The third-order valence-electron chi connectivity index (χ3n) is 5.28. The van der Waals surface area contributed by atoms with Crippen molar-refractivity contribution in [3.05, 3.63) is 77.0 Å². The summed E-state index contributed by atoms with van der Waals surface area (Å²) in [6, 6.07) is 18.3. The zero-order chi connectivity index (χ0) is 21.1. The summed E-state index contributed by atoms with van der Waals surface area (Å²) in [5, 5.41) is 0. The summed E-state index contributed by atoms with van der Waals surface area (Å²) in [6.07, 6.45) is 0. The molecule has 2 aromatic rings. The molecule has 2 aliphatic rings. The van der Waals surface area contributed by atoms with E-state index in [1.807, 2.05) is 43.3 Å². The number of benzene rings is 2. The van der Waals surface area contributed by atoms with E-state index in [0.29, 0.717) is 17.0 Å². The van der Waals surface area contributed by atoms with Crippen molar-refractivity contribution in [2.75, 3.05) is 13.2 Å². The van der Waals surface area contributed by atoms with Gasteiger partial charge in [0.25, 0.3) is 0 Å². The smallest absolute Gasteiger partial charge is 0.337 e. The van der Waals surface area contributed by atoms with Crippen LogP contribution >= 0.6 is 11.8 Å². The Balaban J connectivity index is 1.67. The molecular weight excluding hydrogens is 398 g/mol. The van der Waals surface area contributed by atoms with Gasteiger partial charge < -0.3 is 9.47 Å². The minimum absolute atomic E-state index is 0.153. The third-order valence-corrected chi connectivity index (χ3v) is 6.35. The number of esters is 2. The molecule has 2 heterocycles. The fourth-order valence-corrected chi connectivity index (χ4v) is 4.85. The molecule has 0 N–H and O–H groups in total. The molecule has 0 spiro atoms. The molecule has 0 saturated carbocycles. The highest BCUT2D eigenvalue weighted by molar-refractivity contribution is 7.98. The fourth-order valence-electron chi connectivity index (χ4n) is 3.93. The van der Waals surface area contributed by atoms with Crippen molar-refractivity contribution in [1.29, 1.82) is 0 Å². The second kappa shape index (κ2) is 8.88. The van der Waals surface area contributed by atoms with Gasteiger partial charge in [0.15, 0.2) is 0 Å². The zero-order valence-corrected chi connectivity index (χ0v) is 17.8. The van der Waals surface area contributed by atoms with Crippen LogP contribution in [-0.4, -0.2) is 30.9 Å². The summed E-state index contributed by atoms with van der Waals surface area (Å²) in [5.74, 6) is -1.01. The Bertz CT molecular complexity index is 1030. The summed E-state index contributed by atoms with van der Waals surface area (Å²) in [5.41, 5.74) is 3.88. The lowest BCUT2D eigenvalue weighted by atomic mass is 9.76. The molecule has 2 aromatic carbocycles. The van der Waals surface area contributed by atoms with Crippen molar-refractivity contribution in [2.24, 2.45) is 10.9 Å². The lowest BCUT2D eigenvalue weighted by Crippen LogP contribution is -2.35. The molecule has 0 radical (unpaired) electrons. The van der Waals surface area contributed by atoms with E-state index in [1.165, 1.54) is 5.56 Å². The molecule has 30 heavy (non-hydrogen) atoms. The first-order valence-corrected chi connectivity index (χ1v) is 11.0. The molecule has 5 nitrogen and oxygen atoms in total. The van der Waals surface area contributed by atoms with Gasteiger partial charge in [-0.2, -0.15) is 0 Å². The number of thioether (sulfide) groups is 1. The first-order chi connectivity index (χ1) is 14.6. The van der Waals surface area contributed by atoms with Crippen LogP contribution in [0.4, 0.5) is 0 Å². The van der Waals surface area contributed by atoms with Gasteiger partial charge >= 0.3 is 11.9 Å². The summed E-state index contributed by atoms with van der Waals surface area (Å²) in [4.78, 5) is 30.9. The van der Waals surface area contributed by atoms with Crippen LogP contribution in [-0.2, 0) is 24.8 Å². The predicted molar refractivity (Wildman–Crippen MR) is 116 cm³/mol. The van der Waals surface area contributed by atoms with Gasteiger partial charge in [0.05, 0.1) is 17.9 Å². The Labute approximate surface area is 180 Å². The lowest BCUT2D eigenvalue weighted by molar-refractivity contribution is -0.146. The van der Waals surface area contributed by atoms with Gasteiger partial charge in [0.2, 0.25) is 0 Å². The average Bonchev–Trinajstić information content (AvgIpc) is 3.12. The van der Waals surface area contributed by atoms with Crippen LogP contribution in [0.5, 0.6) is 0 Å². The maximum absolute atomic E-state index is 12.8. The van der Waals surface area contributed by atoms with E-state index in [4.69, 9.17) is 9.47 Å². The van der Waals surface area contributed by atoms with Crippen LogP contribution in [0.1, 0.15) is 30.9 Å². The maximum atomic E-state index is 12.8. The zero-order valence-electron chi connectivity index (χ0n) is 17.0. The van der Waals surface area contributed by atoms with Crippen LogP contribution in [0.15, 0.2) is 75.8 Å². The monoisotopic (exact) mass is 421 g/mol. The largest absolute Gasteiger partial charge is 0.465 e. The number of hydrogen-bond acceptors (Lipinski definition) is 6. The van der Waals surface area contributed by atoms with Gasteiger partial charge in [-0.05, 0) is 37.1 Å². The van der Waals surface area contributed by atoms with Gasteiger partial charge in [-0.25, -0.2) is 4.79 Å². The van der Waals surface area contributed by atoms with E-state index in [0.717, 1.165) is 16.2 Å². The Morgan fingerprint density at radius 3 is 2.77 bits per heavy atom. The summed E-state index contributed by atoms with van der Waals surface area (Å²) >= 11 is 1.72. The van der Waals surface area contributed by atoms with Crippen LogP contribution in [0.2, 0.25) is 0 Å². The fraction of sp³-hybridized carbons (Fsp3) is 0.292. The summed E-state index contributed by atoms with van der Waals surface area (Å²) in [7, 11) is 0. The molecule has 6 heteroatoms. The number of carbonyl (C=O) groups is 2. The molecular formula is C24H23NO4S. The van der Waals surface area contributed by atoms with Crippen molar-refractivity contribution in [3.63, 3.8) is 0 Å². The Kier molecular flexibility index (Phi) is 6.04. The summed E-state index contributed by atoms with van der Waals surface area (Å²) < 4.78 is 10.6. The normalized spacial score (nSPS) is 20.5. The van der Waals surface area contributed by atoms with E-state index in [-0.39, 0.29) is 19.2 Å². The first-order valence-electron chi connectivity index (χ1n) is 9.97. The minimum atomic E-state index is -0.635. The van der Waals surface area contributed by atoms with Crippen molar-refractivity contribution in [3.8, 4) is 0 Å². The van der Waals surface area contributed by atoms with Gasteiger partial charge in [-0.15, -0.1) is 11.8 Å². The Hall–Kier alpha value is -2.86. The number of ether oxygens (including phenoxy) is 2. The molecule has 0 bridgehead atoms. The van der Waals surface area contributed by atoms with Crippen molar-refractivity contribution in [1.82, 2.24) is 0 Å². The van der Waals surface area contributed by atoms with Crippen LogP contribution < -0.4 is 0 Å². The van der Waals surface area contributed by atoms with Crippen LogP contribution in [0, 0.1) is 5.92 Å². The van der Waals surface area contributed by atoms with Crippen molar-refractivity contribution < 1.29 is 19.1 Å². The number of cyclic esters (lactones) is 1. The van der Waals surface area contributed by atoms with Crippen LogP contribution in [0.3, 0.4) is 0 Å². The highest BCUT2D eigenvalue weighted by Gasteiger charge is 2.45. The molecule has 2 aliphatic heterocycles. The molecule has 2 atom stereocenters. The molecule has 154 valence electrons. The van der Waals surface area contributed by atoms with Gasteiger partial charge in [-0.1, -0.05) is 42.5 Å². The highest BCUT2D eigenvalue weighted by Crippen LogP contribution is 2.43. The maximum Gasteiger partial charge on any atom is 0.337 e. The van der Waals surface area contributed by atoms with E-state index in [9.17, 15) is 9.59 Å². The Morgan fingerprint density at radius 1 is 1.20 bits per heavy atom. The second-order valence-electron chi connectivity index (χ2n) is 7.24. The first kappa shape index (κ1) is 20.4. The SMILES string of the molecule is CCOC(=O)C1C(C)=NC2=C(C(=O)OC2)C1c1cccc(SCc2ccccc2)c1. The molecule has 4 rings (SSSR count). The molecule has 2 unspecified atom stereocenters. The van der Waals surface area contributed by atoms with E-state index >= 15 is 0 Å². The lowest BCUT2D eigenvalue weighted by Gasteiger charge is -2.29.